The number of nitrogens with one attached hydrogen (secondary N) is 2. The molecule has 0 aliphatic heterocycles. The van der Waals surface area contributed by atoms with Gasteiger partial charge in [0.1, 0.15) is 0 Å². The van der Waals surface area contributed by atoms with Gasteiger partial charge in [-0.3, -0.25) is 0 Å². The second-order valence-electron chi connectivity index (χ2n) is 8.75. The molecule has 1 unspecified atom stereocenters. The maximum Gasteiger partial charge on any atom is 0.0223 e. The molecule has 0 radical (unpaired) electrons. The van der Waals surface area contributed by atoms with Gasteiger partial charge in [-0.05, 0) is 87.4 Å². The van der Waals surface area contributed by atoms with Crippen molar-refractivity contribution < 1.29 is 0 Å². The summed E-state index contributed by atoms with van der Waals surface area (Å²) in [6.45, 7) is 1.26. The van der Waals surface area contributed by atoms with E-state index in [-0.39, 0.29) is 0 Å². The van der Waals surface area contributed by atoms with E-state index in [4.69, 9.17) is 0 Å². The van der Waals surface area contributed by atoms with E-state index in [0.717, 1.165) is 47.7 Å². The molecule has 6 aliphatic rings. The molecule has 6 aliphatic carbocycles. The van der Waals surface area contributed by atoms with Gasteiger partial charge < -0.3 is 10.6 Å². The van der Waals surface area contributed by atoms with E-state index in [1.165, 1.54) is 32.2 Å². The molecule has 4 bridgehead atoms. The van der Waals surface area contributed by atoms with Crippen LogP contribution in [0.15, 0.2) is 0 Å². The van der Waals surface area contributed by atoms with E-state index in [9.17, 15) is 0 Å². The van der Waals surface area contributed by atoms with Crippen molar-refractivity contribution in [1.82, 2.24) is 10.6 Å². The summed E-state index contributed by atoms with van der Waals surface area (Å²) in [7, 11) is 0. The lowest BCUT2D eigenvalue weighted by Crippen LogP contribution is -2.56. The third-order valence-corrected chi connectivity index (χ3v) is 7.02. The minimum Gasteiger partial charge on any atom is -0.312 e. The highest BCUT2D eigenvalue weighted by Crippen LogP contribution is 2.53. The molecular weight excluding hydrogens is 244 g/mol. The first-order chi connectivity index (χ1) is 9.85. The van der Waals surface area contributed by atoms with Crippen LogP contribution in [0.2, 0.25) is 0 Å². The van der Waals surface area contributed by atoms with Crippen LogP contribution in [0.25, 0.3) is 0 Å². The van der Waals surface area contributed by atoms with Gasteiger partial charge >= 0.3 is 0 Å². The lowest BCUT2D eigenvalue weighted by molar-refractivity contribution is -0.0144. The van der Waals surface area contributed by atoms with E-state index in [2.05, 4.69) is 10.6 Å². The molecule has 6 fully saturated rings. The Kier molecular flexibility index (Phi) is 2.93. The molecule has 2 nitrogen and oxygen atoms in total. The molecule has 20 heavy (non-hydrogen) atoms. The summed E-state index contributed by atoms with van der Waals surface area (Å²) in [6, 6.07) is 2.55. The van der Waals surface area contributed by atoms with E-state index in [1.54, 1.807) is 32.1 Å². The number of hydrogen-bond acceptors (Lipinski definition) is 2. The molecule has 0 saturated heterocycles. The zero-order valence-electron chi connectivity index (χ0n) is 12.7. The van der Waals surface area contributed by atoms with Crippen molar-refractivity contribution >= 4 is 0 Å². The van der Waals surface area contributed by atoms with Gasteiger partial charge in [0.2, 0.25) is 0 Å². The standard InChI is InChI=1S/C18H30N2/c1-2-13(1)17(20-16-3-4-16)10-19-18-14-6-11-5-12(8-14)9-15(18)7-11/h11-20H,1-10H2. The Balaban J connectivity index is 1.20. The van der Waals surface area contributed by atoms with Crippen LogP contribution in [0, 0.1) is 29.6 Å². The van der Waals surface area contributed by atoms with Crippen LogP contribution < -0.4 is 10.6 Å². The van der Waals surface area contributed by atoms with Crippen molar-refractivity contribution in [2.45, 2.75) is 75.9 Å². The Morgan fingerprint density at radius 2 is 1.45 bits per heavy atom. The van der Waals surface area contributed by atoms with E-state index in [0.29, 0.717) is 0 Å². The molecule has 0 aromatic rings. The van der Waals surface area contributed by atoms with Crippen molar-refractivity contribution in [3.05, 3.63) is 0 Å². The first kappa shape index (κ1) is 12.5. The molecule has 0 heterocycles. The Bertz CT molecular complexity index is 344. The molecule has 2 heteroatoms. The van der Waals surface area contributed by atoms with Crippen molar-refractivity contribution in [2.24, 2.45) is 29.6 Å². The Morgan fingerprint density at radius 1 is 0.800 bits per heavy atom. The first-order valence-corrected chi connectivity index (χ1v) is 9.34. The minimum atomic E-state index is 0.791. The maximum atomic E-state index is 4.06. The van der Waals surface area contributed by atoms with E-state index >= 15 is 0 Å². The van der Waals surface area contributed by atoms with Gasteiger partial charge in [-0.1, -0.05) is 0 Å². The van der Waals surface area contributed by atoms with Gasteiger partial charge in [0, 0.05) is 24.7 Å². The molecule has 1 atom stereocenters. The van der Waals surface area contributed by atoms with Crippen LogP contribution in [0.3, 0.4) is 0 Å². The summed E-state index contributed by atoms with van der Waals surface area (Å²) in [5, 5.41) is 7.97. The summed E-state index contributed by atoms with van der Waals surface area (Å²) in [5.41, 5.74) is 0. The minimum absolute atomic E-state index is 0.791. The van der Waals surface area contributed by atoms with Crippen LogP contribution in [0.1, 0.15) is 57.8 Å². The molecule has 0 aromatic carbocycles. The van der Waals surface area contributed by atoms with Crippen LogP contribution in [0.4, 0.5) is 0 Å². The van der Waals surface area contributed by atoms with Crippen molar-refractivity contribution in [3.63, 3.8) is 0 Å². The van der Waals surface area contributed by atoms with Gasteiger partial charge in [-0.2, -0.15) is 0 Å². The Hall–Kier alpha value is -0.0800. The fourth-order valence-corrected chi connectivity index (χ4v) is 5.93. The second kappa shape index (κ2) is 4.71. The van der Waals surface area contributed by atoms with Crippen LogP contribution >= 0.6 is 0 Å². The third kappa shape index (κ3) is 2.33. The average Bonchev–Trinajstić information content (AvgIpc) is 3.29. The molecular formula is C18H30N2. The summed E-state index contributed by atoms with van der Waals surface area (Å²) in [4.78, 5) is 0. The largest absolute Gasteiger partial charge is 0.312 e. The molecule has 2 N–H and O–H groups in total. The van der Waals surface area contributed by atoms with Crippen LogP contribution in [0.5, 0.6) is 0 Å². The van der Waals surface area contributed by atoms with Crippen LogP contribution in [-0.4, -0.2) is 24.7 Å². The van der Waals surface area contributed by atoms with Gasteiger partial charge in [0.15, 0.2) is 0 Å². The van der Waals surface area contributed by atoms with Crippen molar-refractivity contribution in [1.29, 1.82) is 0 Å². The second-order valence-corrected chi connectivity index (χ2v) is 8.75. The fourth-order valence-electron chi connectivity index (χ4n) is 5.93. The number of rotatable bonds is 6. The molecule has 6 rings (SSSR count). The smallest absolute Gasteiger partial charge is 0.0223 e. The highest BCUT2D eigenvalue weighted by atomic mass is 15.1. The predicted octanol–water partition coefficient (Wildman–Crippen LogP) is 2.93. The Labute approximate surface area is 123 Å². The molecule has 0 amide bonds. The third-order valence-electron chi connectivity index (χ3n) is 7.02. The fraction of sp³-hybridized carbons (Fsp3) is 1.00. The predicted molar refractivity (Wildman–Crippen MR) is 81.5 cm³/mol. The SMILES string of the molecule is C1C2CC3CC1CC(C2)C3NCC(NC1CC1)C1CC1. The van der Waals surface area contributed by atoms with Crippen molar-refractivity contribution in [2.75, 3.05) is 6.54 Å². The van der Waals surface area contributed by atoms with Crippen molar-refractivity contribution in [3.8, 4) is 0 Å². The average molecular weight is 274 g/mol. The maximum absolute atomic E-state index is 4.06. The van der Waals surface area contributed by atoms with E-state index < -0.39 is 0 Å². The molecule has 6 saturated carbocycles. The van der Waals surface area contributed by atoms with Crippen LogP contribution in [-0.2, 0) is 0 Å². The van der Waals surface area contributed by atoms with E-state index in [1.807, 2.05) is 0 Å². The zero-order valence-corrected chi connectivity index (χ0v) is 12.7. The van der Waals surface area contributed by atoms with Gasteiger partial charge in [-0.15, -0.1) is 0 Å². The van der Waals surface area contributed by atoms with Gasteiger partial charge in [0.05, 0.1) is 0 Å². The summed E-state index contributed by atoms with van der Waals surface area (Å²) < 4.78 is 0. The zero-order chi connectivity index (χ0) is 13.1. The quantitative estimate of drug-likeness (QED) is 0.778. The molecule has 0 aromatic heterocycles. The monoisotopic (exact) mass is 274 g/mol. The normalized spacial score (nSPS) is 47.7. The molecule has 0 spiro atoms. The highest BCUT2D eigenvalue weighted by molar-refractivity contribution is 5.02. The summed E-state index contributed by atoms with van der Waals surface area (Å²) >= 11 is 0. The topological polar surface area (TPSA) is 24.1 Å². The highest BCUT2D eigenvalue weighted by Gasteiger charge is 2.48. The Morgan fingerprint density at radius 3 is 2.00 bits per heavy atom. The molecule has 112 valence electrons. The summed E-state index contributed by atoms with van der Waals surface area (Å²) in [6.07, 6.45) is 13.6. The lowest BCUT2D eigenvalue weighted by atomic mass is 9.54. The first-order valence-electron chi connectivity index (χ1n) is 9.34. The summed E-state index contributed by atoms with van der Waals surface area (Å²) in [5.74, 6) is 5.29. The lowest BCUT2D eigenvalue weighted by Gasteiger charge is -2.54. The van der Waals surface area contributed by atoms with Gasteiger partial charge in [-0.25, -0.2) is 0 Å². The van der Waals surface area contributed by atoms with Gasteiger partial charge in [0.25, 0.3) is 0 Å². The number of hydrogen-bond donors (Lipinski definition) is 2.